The van der Waals surface area contributed by atoms with E-state index in [0.717, 1.165) is 4.47 Å². The molecule has 0 heterocycles. The van der Waals surface area contributed by atoms with Gasteiger partial charge in [0.25, 0.3) is 0 Å². The highest BCUT2D eigenvalue weighted by Gasteiger charge is 2.22. The maximum absolute atomic E-state index is 11.9. The van der Waals surface area contributed by atoms with Crippen LogP contribution in [-0.2, 0) is 14.4 Å². The minimum atomic E-state index is -0.976. The summed E-state index contributed by atoms with van der Waals surface area (Å²) >= 11 is 3.29. The molecule has 0 fully saturated rings. The second-order valence-corrected chi connectivity index (χ2v) is 6.36. The van der Waals surface area contributed by atoms with Crippen LogP contribution in [0.1, 0.15) is 25.5 Å². The molecule has 0 radical (unpaired) electrons. The number of halogens is 1. The van der Waals surface area contributed by atoms with Crippen molar-refractivity contribution in [1.29, 1.82) is 0 Å². The Bertz CT molecular complexity index is 592. The summed E-state index contributed by atoms with van der Waals surface area (Å²) in [5, 5.41) is 4.93. The van der Waals surface area contributed by atoms with Gasteiger partial charge < -0.3 is 22.1 Å². The van der Waals surface area contributed by atoms with Gasteiger partial charge in [-0.05, 0) is 23.6 Å². The van der Waals surface area contributed by atoms with E-state index in [-0.39, 0.29) is 12.5 Å². The molecule has 23 heavy (non-hydrogen) atoms. The highest BCUT2D eigenvalue weighted by Crippen LogP contribution is 2.18. The molecule has 0 aliphatic heterocycles. The zero-order chi connectivity index (χ0) is 17.6. The largest absolute Gasteiger partial charge is 0.368 e. The van der Waals surface area contributed by atoms with Gasteiger partial charge in [0.1, 0.15) is 6.04 Å². The predicted octanol–water partition coefficient (Wildman–Crippen LogP) is 0.191. The van der Waals surface area contributed by atoms with Gasteiger partial charge in [0.05, 0.1) is 12.6 Å². The van der Waals surface area contributed by atoms with E-state index in [1.807, 2.05) is 0 Å². The summed E-state index contributed by atoms with van der Waals surface area (Å²) < 4.78 is 0.756. The molecule has 0 aliphatic carbocycles. The average Bonchev–Trinajstić information content (AvgIpc) is 2.48. The summed E-state index contributed by atoms with van der Waals surface area (Å²) in [6.45, 7) is 3.33. The van der Waals surface area contributed by atoms with Gasteiger partial charge in [-0.1, -0.05) is 41.9 Å². The number of benzene rings is 1. The van der Waals surface area contributed by atoms with Gasteiger partial charge in [-0.2, -0.15) is 0 Å². The molecule has 1 aromatic rings. The Morgan fingerprint density at radius 3 is 2.43 bits per heavy atom. The lowest BCUT2D eigenvalue weighted by Crippen LogP contribution is -2.48. The molecule has 0 aromatic heterocycles. The Kier molecular flexibility index (Phi) is 7.18. The number of carbonyl (C=O) groups is 3. The standard InChI is InChI=1S/C15H21BrN4O3/c1-8(2)12(17)15(23)19-7-11(21)20-13(14(18)22)9-4-3-5-10(16)6-9/h3-6,8,12-13H,7,17H2,1-2H3,(H2,18,22)(H,19,23)(H,20,21)/t12-,13?/m0/s1. The van der Waals surface area contributed by atoms with Crippen LogP contribution in [0.3, 0.4) is 0 Å². The molecular weight excluding hydrogens is 364 g/mol. The van der Waals surface area contributed by atoms with Gasteiger partial charge in [-0.3, -0.25) is 14.4 Å². The van der Waals surface area contributed by atoms with Crippen molar-refractivity contribution in [3.05, 3.63) is 34.3 Å². The highest BCUT2D eigenvalue weighted by molar-refractivity contribution is 9.10. The maximum atomic E-state index is 11.9. The first-order chi connectivity index (χ1) is 10.7. The average molecular weight is 385 g/mol. The number of carbonyl (C=O) groups excluding carboxylic acids is 3. The van der Waals surface area contributed by atoms with Crippen LogP contribution in [0.25, 0.3) is 0 Å². The molecule has 2 atom stereocenters. The van der Waals surface area contributed by atoms with E-state index >= 15 is 0 Å². The smallest absolute Gasteiger partial charge is 0.244 e. The van der Waals surface area contributed by atoms with Crippen LogP contribution in [0, 0.1) is 5.92 Å². The molecule has 0 bridgehead atoms. The van der Waals surface area contributed by atoms with E-state index in [0.29, 0.717) is 5.56 Å². The molecule has 1 unspecified atom stereocenters. The Morgan fingerprint density at radius 2 is 1.91 bits per heavy atom. The normalized spacial score (nSPS) is 13.3. The quantitative estimate of drug-likeness (QED) is 0.534. The molecule has 0 spiro atoms. The van der Waals surface area contributed by atoms with Crippen LogP contribution >= 0.6 is 15.9 Å². The monoisotopic (exact) mass is 384 g/mol. The van der Waals surface area contributed by atoms with Crippen molar-refractivity contribution in [2.45, 2.75) is 25.9 Å². The number of rotatable bonds is 7. The molecule has 126 valence electrons. The summed E-state index contributed by atoms with van der Waals surface area (Å²) in [6, 6.07) is 5.20. The lowest BCUT2D eigenvalue weighted by Gasteiger charge is -2.18. The van der Waals surface area contributed by atoms with Crippen molar-refractivity contribution >= 4 is 33.7 Å². The number of hydrogen-bond donors (Lipinski definition) is 4. The van der Waals surface area contributed by atoms with Crippen molar-refractivity contribution in [1.82, 2.24) is 10.6 Å². The molecule has 3 amide bonds. The number of amides is 3. The molecular formula is C15H21BrN4O3. The summed E-state index contributed by atoms with van der Waals surface area (Å²) in [7, 11) is 0. The van der Waals surface area contributed by atoms with E-state index in [1.54, 1.807) is 38.1 Å². The van der Waals surface area contributed by atoms with Crippen LogP contribution in [0.5, 0.6) is 0 Å². The Morgan fingerprint density at radius 1 is 1.26 bits per heavy atom. The van der Waals surface area contributed by atoms with Crippen LogP contribution in [0.4, 0.5) is 0 Å². The molecule has 1 rings (SSSR count). The summed E-state index contributed by atoms with van der Waals surface area (Å²) in [5.41, 5.74) is 11.6. The second-order valence-electron chi connectivity index (χ2n) is 5.45. The lowest BCUT2D eigenvalue weighted by molar-refractivity contribution is -0.129. The first-order valence-electron chi connectivity index (χ1n) is 7.09. The van der Waals surface area contributed by atoms with Crippen molar-refractivity contribution in [3.63, 3.8) is 0 Å². The van der Waals surface area contributed by atoms with E-state index in [9.17, 15) is 14.4 Å². The third-order valence-electron chi connectivity index (χ3n) is 3.22. The van der Waals surface area contributed by atoms with Crippen LogP contribution in [0.2, 0.25) is 0 Å². The Balaban J connectivity index is 2.66. The topological polar surface area (TPSA) is 127 Å². The maximum Gasteiger partial charge on any atom is 0.244 e. The third kappa shape index (κ3) is 5.99. The van der Waals surface area contributed by atoms with Gasteiger partial charge in [-0.15, -0.1) is 0 Å². The van der Waals surface area contributed by atoms with Crippen LogP contribution < -0.4 is 22.1 Å². The summed E-state index contributed by atoms with van der Waals surface area (Å²) in [4.78, 5) is 35.2. The van der Waals surface area contributed by atoms with E-state index in [2.05, 4.69) is 26.6 Å². The van der Waals surface area contributed by atoms with E-state index in [1.165, 1.54) is 0 Å². The van der Waals surface area contributed by atoms with Gasteiger partial charge in [0.2, 0.25) is 17.7 Å². The molecule has 0 saturated carbocycles. The van der Waals surface area contributed by atoms with Crippen molar-refractivity contribution in [2.24, 2.45) is 17.4 Å². The minimum Gasteiger partial charge on any atom is -0.368 e. The Labute approximate surface area is 143 Å². The number of hydrogen-bond acceptors (Lipinski definition) is 4. The lowest BCUT2D eigenvalue weighted by atomic mass is 10.1. The van der Waals surface area contributed by atoms with Gasteiger partial charge in [0, 0.05) is 4.47 Å². The van der Waals surface area contributed by atoms with Crippen LogP contribution in [0.15, 0.2) is 28.7 Å². The minimum absolute atomic E-state index is 0.0434. The van der Waals surface area contributed by atoms with Gasteiger partial charge in [-0.25, -0.2) is 0 Å². The van der Waals surface area contributed by atoms with E-state index in [4.69, 9.17) is 11.5 Å². The SMILES string of the molecule is CC(C)[C@H](N)C(=O)NCC(=O)NC(C(N)=O)c1cccc(Br)c1. The van der Waals surface area contributed by atoms with Crippen molar-refractivity contribution in [3.8, 4) is 0 Å². The molecule has 0 aliphatic rings. The zero-order valence-electron chi connectivity index (χ0n) is 13.0. The number of nitrogens with one attached hydrogen (secondary N) is 2. The van der Waals surface area contributed by atoms with Crippen molar-refractivity contribution in [2.75, 3.05) is 6.54 Å². The number of nitrogens with two attached hydrogens (primary N) is 2. The van der Waals surface area contributed by atoms with Gasteiger partial charge >= 0.3 is 0 Å². The summed E-state index contributed by atoms with van der Waals surface area (Å²) in [5.74, 6) is -1.69. The van der Waals surface area contributed by atoms with E-state index < -0.39 is 29.8 Å². The fourth-order valence-corrected chi connectivity index (χ4v) is 2.22. The summed E-state index contributed by atoms with van der Waals surface area (Å²) in [6.07, 6.45) is 0. The zero-order valence-corrected chi connectivity index (χ0v) is 14.6. The predicted molar refractivity (Wildman–Crippen MR) is 90.0 cm³/mol. The molecule has 1 aromatic carbocycles. The number of primary amides is 1. The molecule has 6 N–H and O–H groups in total. The fraction of sp³-hybridized carbons (Fsp3) is 0.400. The fourth-order valence-electron chi connectivity index (χ4n) is 1.80. The third-order valence-corrected chi connectivity index (χ3v) is 3.71. The molecule has 0 saturated heterocycles. The molecule has 8 heteroatoms. The first kappa shape index (κ1) is 19.1. The second kappa shape index (κ2) is 8.64. The van der Waals surface area contributed by atoms with Crippen molar-refractivity contribution < 1.29 is 14.4 Å². The van der Waals surface area contributed by atoms with Gasteiger partial charge in [0.15, 0.2) is 0 Å². The Hall–Kier alpha value is -1.93. The van der Waals surface area contributed by atoms with Crippen LogP contribution in [-0.4, -0.2) is 30.3 Å². The molecule has 7 nitrogen and oxygen atoms in total. The first-order valence-corrected chi connectivity index (χ1v) is 7.89. The highest BCUT2D eigenvalue weighted by atomic mass is 79.9.